The van der Waals surface area contributed by atoms with E-state index in [9.17, 15) is 9.59 Å². The lowest BCUT2D eigenvalue weighted by molar-refractivity contribution is -0.158. The molecule has 0 amide bonds. The number of esters is 1. The zero-order valence-electron chi connectivity index (χ0n) is 22.5. The number of rotatable bonds is 6. The number of hydrogen-bond donors (Lipinski definition) is 0. The van der Waals surface area contributed by atoms with Gasteiger partial charge in [-0.3, -0.25) is 14.2 Å². The second-order valence-corrected chi connectivity index (χ2v) is 12.1. The molecule has 0 saturated carbocycles. The number of carbonyl (C=O) groups is 1. The van der Waals surface area contributed by atoms with Crippen LogP contribution < -0.4 is 29.1 Å². The van der Waals surface area contributed by atoms with Gasteiger partial charge in [-0.2, -0.15) is 0 Å². The third-order valence-corrected chi connectivity index (χ3v) is 9.03. The number of thiazole rings is 1. The summed E-state index contributed by atoms with van der Waals surface area (Å²) in [4.78, 5) is 32.1. The van der Waals surface area contributed by atoms with Gasteiger partial charge in [0, 0.05) is 16.1 Å². The van der Waals surface area contributed by atoms with E-state index in [4.69, 9.17) is 58.7 Å². The fourth-order valence-corrected chi connectivity index (χ4v) is 7.43. The zero-order chi connectivity index (χ0) is 29.8. The highest BCUT2D eigenvalue weighted by molar-refractivity contribution is 7.07. The molecule has 2 aliphatic heterocycles. The van der Waals surface area contributed by atoms with Crippen molar-refractivity contribution in [3.05, 3.63) is 106 Å². The van der Waals surface area contributed by atoms with Crippen molar-refractivity contribution in [2.24, 2.45) is 10.9 Å². The Morgan fingerprint density at radius 3 is 2.57 bits per heavy atom. The van der Waals surface area contributed by atoms with Gasteiger partial charge in [0.2, 0.25) is 5.72 Å². The summed E-state index contributed by atoms with van der Waals surface area (Å²) in [7, 11) is 2.88. The molecule has 1 aromatic heterocycles. The molecule has 4 aromatic rings. The van der Waals surface area contributed by atoms with Crippen molar-refractivity contribution in [1.29, 1.82) is 0 Å². The van der Waals surface area contributed by atoms with Gasteiger partial charge in [-0.25, -0.2) is 4.99 Å². The highest BCUT2D eigenvalue weighted by Gasteiger charge is 2.55. The highest BCUT2D eigenvalue weighted by atomic mass is 35.5. The van der Waals surface area contributed by atoms with Gasteiger partial charge < -0.3 is 18.9 Å². The predicted octanol–water partition coefficient (Wildman–Crippen LogP) is 5.41. The predicted molar refractivity (Wildman–Crippen MR) is 161 cm³/mol. The Morgan fingerprint density at radius 2 is 1.86 bits per heavy atom. The highest BCUT2D eigenvalue weighted by Crippen LogP contribution is 2.47. The maximum absolute atomic E-state index is 13.9. The topological polar surface area (TPSA) is 88.4 Å². The molecule has 6 rings (SSSR count). The normalized spacial score (nSPS) is 20.6. The van der Waals surface area contributed by atoms with Gasteiger partial charge in [-0.15, -0.1) is 0 Å². The molecule has 0 aliphatic carbocycles. The summed E-state index contributed by atoms with van der Waals surface area (Å²) < 4.78 is 24.8. The van der Waals surface area contributed by atoms with Crippen molar-refractivity contribution < 1.29 is 23.7 Å². The van der Waals surface area contributed by atoms with E-state index in [0.717, 1.165) is 11.1 Å². The van der Waals surface area contributed by atoms with E-state index in [0.29, 0.717) is 37.2 Å². The summed E-state index contributed by atoms with van der Waals surface area (Å²) in [6.45, 7) is 1.83. The number of aromatic nitrogens is 1. The fraction of sp³-hybridized carbons (Fsp3) is 0.233. The molecule has 3 heterocycles. The molecule has 2 aliphatic rings. The summed E-state index contributed by atoms with van der Waals surface area (Å²) in [5.74, 6) is 0.107. The van der Waals surface area contributed by atoms with Crippen molar-refractivity contribution in [1.82, 2.24) is 4.57 Å². The molecule has 42 heavy (non-hydrogen) atoms. The number of para-hydroxylation sites is 1. The lowest BCUT2D eigenvalue weighted by Crippen LogP contribution is -2.58. The zero-order valence-corrected chi connectivity index (χ0v) is 25.6. The Hall–Kier alpha value is -3.50. The van der Waals surface area contributed by atoms with Crippen LogP contribution in [-0.4, -0.2) is 30.5 Å². The van der Waals surface area contributed by atoms with Crippen LogP contribution in [0, 0.1) is 5.92 Å². The Bertz CT molecular complexity index is 1900. The molecule has 216 valence electrons. The number of fused-ring (bicyclic) bond motifs is 6. The lowest BCUT2D eigenvalue weighted by Gasteiger charge is -2.44. The number of halogens is 3. The van der Waals surface area contributed by atoms with E-state index < -0.39 is 23.7 Å². The van der Waals surface area contributed by atoms with Gasteiger partial charge >= 0.3 is 5.97 Å². The molecule has 0 spiro atoms. The second kappa shape index (κ2) is 11.0. The smallest absolute Gasteiger partial charge is 0.317 e. The van der Waals surface area contributed by atoms with E-state index in [1.807, 2.05) is 36.4 Å². The lowest BCUT2D eigenvalue weighted by atomic mass is 9.81. The van der Waals surface area contributed by atoms with Gasteiger partial charge in [0.25, 0.3) is 5.56 Å². The summed E-state index contributed by atoms with van der Waals surface area (Å²) in [5.41, 5.74) is 0.640. The Kier molecular flexibility index (Phi) is 7.47. The van der Waals surface area contributed by atoms with Gasteiger partial charge in [0.15, 0.2) is 10.6 Å². The van der Waals surface area contributed by atoms with Crippen LogP contribution in [0.25, 0.3) is 6.08 Å². The fourth-order valence-electron chi connectivity index (χ4n) is 5.40. The molecule has 0 saturated heterocycles. The SMILES string of the molecule is COC(=O)[C@H]1[C@H]2c3ccccc3O[C@]1(C)N=c1s/c(=C/c3ccc(OC)c(COc4c(Cl)cc(Cl)cc4Cl)c3)c(=O)n12. The largest absolute Gasteiger partial charge is 0.496 e. The minimum absolute atomic E-state index is 0.0938. The molecular formula is C30H23Cl3N2O6S. The quantitative estimate of drug-likeness (QED) is 0.261. The monoisotopic (exact) mass is 644 g/mol. The van der Waals surface area contributed by atoms with Crippen LogP contribution in [0.1, 0.15) is 29.7 Å². The van der Waals surface area contributed by atoms with Crippen LogP contribution >= 0.6 is 46.1 Å². The minimum Gasteiger partial charge on any atom is -0.496 e. The summed E-state index contributed by atoms with van der Waals surface area (Å²) in [6.07, 6.45) is 1.77. The van der Waals surface area contributed by atoms with Crippen molar-refractivity contribution in [2.75, 3.05) is 14.2 Å². The van der Waals surface area contributed by atoms with Crippen molar-refractivity contribution in [2.45, 2.75) is 25.3 Å². The van der Waals surface area contributed by atoms with Crippen LogP contribution in [0.5, 0.6) is 17.2 Å². The Labute approximate surface area is 259 Å². The molecule has 3 atom stereocenters. The van der Waals surface area contributed by atoms with Gasteiger partial charge in [0.1, 0.15) is 24.0 Å². The Morgan fingerprint density at radius 1 is 1.12 bits per heavy atom. The molecular weight excluding hydrogens is 623 g/mol. The summed E-state index contributed by atoms with van der Waals surface area (Å²) in [6, 6.07) is 15.3. The standard InChI is InChI=1S/C30H23Cl3N2O6S/c1-30-24(28(37)39-3)25(18-6-4-5-7-22(18)41-30)35-27(36)23(42-29(35)34-30)11-15-8-9-21(38-2)16(10-15)14-40-26-19(32)12-17(31)13-20(26)33/h4-13,24-25H,14H2,1-3H3/b23-11+/t24-,25-,30+/m1/s1. The van der Waals surface area contributed by atoms with E-state index in [2.05, 4.69) is 0 Å². The van der Waals surface area contributed by atoms with Crippen molar-refractivity contribution >= 4 is 58.2 Å². The van der Waals surface area contributed by atoms with E-state index in [1.165, 1.54) is 18.4 Å². The number of hydrogen-bond acceptors (Lipinski definition) is 8. The summed E-state index contributed by atoms with van der Waals surface area (Å²) >= 11 is 19.8. The first-order valence-corrected chi connectivity index (χ1v) is 14.7. The maximum Gasteiger partial charge on any atom is 0.317 e. The number of nitrogens with zero attached hydrogens (tertiary/aromatic N) is 2. The van der Waals surface area contributed by atoms with E-state index in [-0.39, 0.29) is 22.2 Å². The van der Waals surface area contributed by atoms with E-state index in [1.54, 1.807) is 42.9 Å². The molecule has 12 heteroatoms. The Balaban J connectivity index is 1.43. The number of methoxy groups -OCH3 is 2. The van der Waals surface area contributed by atoms with Gasteiger partial charge in [0.05, 0.1) is 34.8 Å². The van der Waals surface area contributed by atoms with Gasteiger partial charge in [-0.05, 0) is 48.9 Å². The molecule has 0 radical (unpaired) electrons. The van der Waals surface area contributed by atoms with E-state index >= 15 is 0 Å². The van der Waals surface area contributed by atoms with Crippen LogP contribution in [-0.2, 0) is 16.1 Å². The molecule has 0 N–H and O–H groups in total. The first-order chi connectivity index (χ1) is 20.1. The molecule has 0 fully saturated rings. The third kappa shape index (κ3) is 4.84. The van der Waals surface area contributed by atoms with Crippen LogP contribution in [0.4, 0.5) is 0 Å². The van der Waals surface area contributed by atoms with Crippen molar-refractivity contribution in [3.8, 4) is 17.2 Å². The number of carbonyl (C=O) groups excluding carboxylic acids is 1. The number of benzene rings is 3. The summed E-state index contributed by atoms with van der Waals surface area (Å²) in [5, 5.41) is 0.962. The first-order valence-electron chi connectivity index (χ1n) is 12.8. The molecule has 8 nitrogen and oxygen atoms in total. The average molecular weight is 646 g/mol. The molecule has 0 unspecified atom stereocenters. The van der Waals surface area contributed by atoms with Crippen LogP contribution in [0.2, 0.25) is 15.1 Å². The molecule has 3 aromatic carbocycles. The number of ether oxygens (including phenoxy) is 4. The second-order valence-electron chi connectivity index (χ2n) is 9.88. The maximum atomic E-state index is 13.9. The van der Waals surface area contributed by atoms with Crippen molar-refractivity contribution in [3.63, 3.8) is 0 Å². The first kappa shape index (κ1) is 28.6. The minimum atomic E-state index is -1.24. The van der Waals surface area contributed by atoms with Crippen LogP contribution in [0.15, 0.2) is 64.4 Å². The third-order valence-electron chi connectivity index (χ3n) is 7.27. The molecule has 2 bridgehead atoms. The van der Waals surface area contributed by atoms with Crippen LogP contribution in [0.3, 0.4) is 0 Å². The van der Waals surface area contributed by atoms with Gasteiger partial charge in [-0.1, -0.05) is 70.4 Å². The average Bonchev–Trinajstić information content (AvgIpc) is 3.24.